The van der Waals surface area contributed by atoms with Gasteiger partial charge in [-0.15, -0.1) is 0 Å². The fourth-order valence-electron chi connectivity index (χ4n) is 13.2. The van der Waals surface area contributed by atoms with Gasteiger partial charge in [0.25, 0.3) is 0 Å². The topological polar surface area (TPSA) is 23.8 Å². The number of hydrogen-bond acceptors (Lipinski definition) is 3. The molecule has 0 amide bonds. The normalized spacial score (nSPS) is 12.8. The second-order valence-electron chi connectivity index (χ2n) is 21.9. The minimum atomic E-state index is -1.00. The van der Waals surface area contributed by atoms with Crippen molar-refractivity contribution in [3.05, 3.63) is 339 Å². The number of imidazole rings is 1. The van der Waals surface area contributed by atoms with Gasteiger partial charge in [-0.1, -0.05) is 249 Å². The van der Waals surface area contributed by atoms with Crippen LogP contribution in [-0.2, 0) is 5.66 Å². The van der Waals surface area contributed by atoms with Crippen molar-refractivity contribution in [2.24, 2.45) is 0 Å². The van der Waals surface area contributed by atoms with E-state index in [0.717, 1.165) is 106 Å². The van der Waals surface area contributed by atoms with E-state index in [1.165, 1.54) is 33.0 Å². The fourth-order valence-corrected chi connectivity index (χ4v) is 13.2. The summed E-state index contributed by atoms with van der Waals surface area (Å²) in [5.41, 5.74) is 23.2. The molecule has 0 aliphatic carbocycles. The van der Waals surface area contributed by atoms with E-state index in [-0.39, 0.29) is 0 Å². The quantitative estimate of drug-likeness (QED) is 0.128. The van der Waals surface area contributed by atoms with E-state index in [9.17, 15) is 0 Å². The zero-order valence-corrected chi connectivity index (χ0v) is 46.0. The highest BCUT2D eigenvalue weighted by atomic mass is 15.5. The van der Waals surface area contributed by atoms with Gasteiger partial charge in [0.2, 0.25) is 0 Å². The highest BCUT2D eigenvalue weighted by Crippen LogP contribution is 2.61. The molecule has 15 aromatic rings. The highest BCUT2D eigenvalue weighted by molar-refractivity contribution is 6.14. The molecule has 0 saturated heterocycles. The molecule has 1 aliphatic rings. The van der Waals surface area contributed by atoms with Crippen molar-refractivity contribution in [2.45, 2.75) is 5.66 Å². The first-order valence-electron chi connectivity index (χ1n) is 28.8. The second kappa shape index (κ2) is 20.2. The maximum absolute atomic E-state index is 5.67. The largest absolute Gasteiger partial charge is 0.308 e. The van der Waals surface area contributed by atoms with E-state index < -0.39 is 5.66 Å². The molecule has 4 heteroatoms. The smallest absolute Gasteiger partial charge is 0.175 e. The average Bonchev–Trinajstić information content (AvgIpc) is 1.60. The predicted molar refractivity (Wildman–Crippen MR) is 351 cm³/mol. The first-order chi connectivity index (χ1) is 41.6. The molecule has 16 rings (SSSR count). The molecule has 0 N–H and O–H groups in total. The monoisotopic (exact) mass is 1070 g/mol. The molecule has 0 unspecified atom stereocenters. The van der Waals surface area contributed by atoms with E-state index in [2.05, 4.69) is 342 Å². The summed E-state index contributed by atoms with van der Waals surface area (Å²) in [5, 5.41) is 3.49. The standard InChI is InChI=1S/C80H54N4/c1-7-25-55(26-8-1)61-45-62(56-27-9-2-10-28-56)48-65(47-61)59-33-23-39-69(51-59)83-77-53-74-76(82-75-44-22-21-42-72(75)71-41-19-20-43-73(71)79(82)81-74)54-78(77)84(80(83,67-35-15-5-16-36-67)68-37-17-6-18-38-68)70-40-24-34-60(52-70)66-49-63(57-29-11-3-12-30-57)46-64(50-66)58-31-13-4-14-32-58/h1-54H. The third-order valence-corrected chi connectivity index (χ3v) is 17.0. The van der Waals surface area contributed by atoms with Crippen LogP contribution in [0, 0.1) is 0 Å². The van der Waals surface area contributed by atoms with Gasteiger partial charge in [0.15, 0.2) is 5.66 Å². The van der Waals surface area contributed by atoms with E-state index in [4.69, 9.17) is 4.98 Å². The van der Waals surface area contributed by atoms with Gasteiger partial charge in [0.1, 0.15) is 5.65 Å². The number of hydrogen-bond donors (Lipinski definition) is 0. The summed E-state index contributed by atoms with van der Waals surface area (Å²) in [6.07, 6.45) is 0. The molecule has 0 spiro atoms. The molecule has 3 heterocycles. The van der Waals surface area contributed by atoms with Gasteiger partial charge < -0.3 is 9.80 Å². The predicted octanol–water partition coefficient (Wildman–Crippen LogP) is 21.0. The van der Waals surface area contributed by atoms with E-state index >= 15 is 0 Å². The Balaban J connectivity index is 0.993. The van der Waals surface area contributed by atoms with Gasteiger partial charge in [-0.2, -0.15) is 0 Å². The summed E-state index contributed by atoms with van der Waals surface area (Å²) in [5.74, 6) is 0. The summed E-state index contributed by atoms with van der Waals surface area (Å²) in [6.45, 7) is 0. The van der Waals surface area contributed by atoms with Crippen LogP contribution < -0.4 is 9.80 Å². The van der Waals surface area contributed by atoms with Crippen molar-refractivity contribution < 1.29 is 0 Å². The summed E-state index contributed by atoms with van der Waals surface area (Å²) in [4.78, 5) is 10.9. The van der Waals surface area contributed by atoms with Gasteiger partial charge in [0, 0.05) is 33.3 Å². The fraction of sp³-hybridized carbons (Fsp3) is 0.0125. The molecule has 1 aliphatic heterocycles. The van der Waals surface area contributed by atoms with Gasteiger partial charge >= 0.3 is 0 Å². The number of rotatable bonds is 10. The molecule has 0 atom stereocenters. The number of nitrogens with zero attached hydrogens (tertiary/aromatic N) is 4. The van der Waals surface area contributed by atoms with Crippen molar-refractivity contribution in [1.82, 2.24) is 9.38 Å². The Hall–Kier alpha value is -11.1. The van der Waals surface area contributed by atoms with E-state index in [1.807, 2.05) is 0 Å². The minimum absolute atomic E-state index is 0.913. The van der Waals surface area contributed by atoms with Gasteiger partial charge in [0.05, 0.1) is 27.9 Å². The molecule has 84 heavy (non-hydrogen) atoms. The molecule has 0 saturated carbocycles. The molecule has 4 nitrogen and oxygen atoms in total. The highest BCUT2D eigenvalue weighted by Gasteiger charge is 2.54. The molecule has 0 bridgehead atoms. The Morgan fingerprint density at radius 1 is 0.238 bits per heavy atom. The molecule has 0 fully saturated rings. The van der Waals surface area contributed by atoms with Crippen LogP contribution in [0.1, 0.15) is 11.1 Å². The Kier molecular flexibility index (Phi) is 11.7. The maximum atomic E-state index is 5.67. The van der Waals surface area contributed by atoms with Crippen LogP contribution in [0.4, 0.5) is 22.7 Å². The lowest BCUT2D eigenvalue weighted by atomic mass is 9.87. The Bertz CT molecular complexity index is 4790. The number of anilines is 4. The maximum Gasteiger partial charge on any atom is 0.175 e. The zero-order valence-electron chi connectivity index (χ0n) is 46.0. The van der Waals surface area contributed by atoms with Gasteiger partial charge in [-0.05, 0) is 151 Å². The zero-order chi connectivity index (χ0) is 55.6. The molecular weight excluding hydrogens is 1020 g/mol. The van der Waals surface area contributed by atoms with E-state index in [1.54, 1.807) is 0 Å². The van der Waals surface area contributed by atoms with Crippen LogP contribution in [0.5, 0.6) is 0 Å². The summed E-state index contributed by atoms with van der Waals surface area (Å²) < 4.78 is 2.39. The third kappa shape index (κ3) is 8.10. The molecule has 0 radical (unpaired) electrons. The Morgan fingerprint density at radius 2 is 0.583 bits per heavy atom. The number of benzene rings is 13. The van der Waals surface area contributed by atoms with Crippen molar-refractivity contribution in [2.75, 3.05) is 9.80 Å². The van der Waals surface area contributed by atoms with Crippen LogP contribution in [0.15, 0.2) is 328 Å². The van der Waals surface area contributed by atoms with Crippen LogP contribution >= 0.6 is 0 Å². The first-order valence-corrected chi connectivity index (χ1v) is 28.8. The van der Waals surface area contributed by atoms with Crippen molar-refractivity contribution in [1.29, 1.82) is 0 Å². The summed E-state index contributed by atoms with van der Waals surface area (Å²) in [6, 6.07) is 120. The van der Waals surface area contributed by atoms with Gasteiger partial charge in [-0.25, -0.2) is 4.98 Å². The number of pyridine rings is 1. The van der Waals surface area contributed by atoms with Crippen LogP contribution in [0.25, 0.3) is 105 Å². The van der Waals surface area contributed by atoms with Crippen LogP contribution in [0.2, 0.25) is 0 Å². The summed E-state index contributed by atoms with van der Waals surface area (Å²) in [7, 11) is 0. The lowest BCUT2D eigenvalue weighted by molar-refractivity contribution is 0.560. The molecular formula is C80H54N4. The third-order valence-electron chi connectivity index (χ3n) is 17.0. The van der Waals surface area contributed by atoms with Crippen LogP contribution in [-0.4, -0.2) is 9.38 Å². The molecule has 394 valence electrons. The van der Waals surface area contributed by atoms with Crippen molar-refractivity contribution in [3.8, 4) is 66.8 Å². The van der Waals surface area contributed by atoms with E-state index in [0.29, 0.717) is 0 Å². The second-order valence-corrected chi connectivity index (χ2v) is 21.9. The lowest BCUT2D eigenvalue weighted by Crippen LogP contribution is -2.51. The van der Waals surface area contributed by atoms with Gasteiger partial charge in [-0.3, -0.25) is 4.40 Å². The number of aromatic nitrogens is 2. The lowest BCUT2D eigenvalue weighted by Gasteiger charge is -2.47. The molecule has 2 aromatic heterocycles. The van der Waals surface area contributed by atoms with Crippen molar-refractivity contribution in [3.63, 3.8) is 0 Å². The van der Waals surface area contributed by atoms with Crippen LogP contribution in [0.3, 0.4) is 0 Å². The SMILES string of the molecule is c1ccc(-c2cc(-c3ccccc3)cc(-c3cccc(N4c5cc6nc7c8ccccc8c8ccccc8n7c6cc5N(c5cccc(-c6cc(-c7ccccc7)cc(-c7ccccc7)c6)c5)C4(c4ccccc4)c4ccccc4)c3)c2)cc1. The van der Waals surface area contributed by atoms with Crippen molar-refractivity contribution >= 4 is 61.1 Å². The Morgan fingerprint density at radius 3 is 1.02 bits per heavy atom. The first kappa shape index (κ1) is 48.8. The minimum Gasteiger partial charge on any atom is -0.308 e. The average molecular weight is 1070 g/mol. The summed E-state index contributed by atoms with van der Waals surface area (Å²) >= 11 is 0. The molecule has 13 aromatic carbocycles. The Labute approximate surface area is 488 Å². The number of fused-ring (bicyclic) bond motifs is 9. The number of para-hydroxylation sites is 1.